The quantitative estimate of drug-likeness (QED) is 0.643. The summed E-state index contributed by atoms with van der Waals surface area (Å²) in [6.45, 7) is 5.06. The molecule has 2 nitrogen and oxygen atoms in total. The first-order chi connectivity index (χ1) is 10.6. The Labute approximate surface area is 142 Å². The molecule has 5 heteroatoms. The lowest BCUT2D eigenvalue weighted by Crippen LogP contribution is -2.30. The van der Waals surface area contributed by atoms with Crippen LogP contribution in [0.4, 0.5) is 4.39 Å². The third-order valence-corrected chi connectivity index (χ3v) is 4.99. The third-order valence-electron chi connectivity index (χ3n) is 3.67. The Bertz CT molecular complexity index is 450. The van der Waals surface area contributed by atoms with Gasteiger partial charge in [-0.25, -0.2) is 4.39 Å². The Hall–Kier alpha value is -0.740. The number of unbranched alkanes of at least 4 members (excludes halogenated alkanes) is 1. The highest BCUT2D eigenvalue weighted by Crippen LogP contribution is 2.23. The zero-order valence-corrected chi connectivity index (χ0v) is 14.9. The van der Waals surface area contributed by atoms with Crippen LogP contribution in [0.5, 0.6) is 0 Å². The normalized spacial score (nSPS) is 12.2. The van der Waals surface area contributed by atoms with Crippen LogP contribution < -0.4 is 5.32 Å². The second kappa shape index (κ2) is 10.9. The summed E-state index contributed by atoms with van der Waals surface area (Å²) in [6, 6.07) is 4.64. The molecule has 1 aromatic rings. The van der Waals surface area contributed by atoms with Crippen molar-refractivity contribution in [3.05, 3.63) is 34.6 Å². The summed E-state index contributed by atoms with van der Waals surface area (Å²) < 4.78 is 13.6. The van der Waals surface area contributed by atoms with Crippen LogP contribution >= 0.6 is 23.4 Å². The molecule has 0 spiro atoms. The van der Waals surface area contributed by atoms with Gasteiger partial charge in [-0.2, -0.15) is 0 Å². The SMILES string of the molecule is CCCC[C@H](CC)CNC(=O)CSCc1c(F)cccc1Cl. The molecule has 0 radical (unpaired) electrons. The monoisotopic (exact) mass is 345 g/mol. The van der Waals surface area contributed by atoms with Gasteiger partial charge in [0.05, 0.1) is 5.75 Å². The number of hydrogen-bond donors (Lipinski definition) is 1. The van der Waals surface area contributed by atoms with Gasteiger partial charge in [0.1, 0.15) is 5.82 Å². The fourth-order valence-corrected chi connectivity index (χ4v) is 3.36. The van der Waals surface area contributed by atoms with Crippen molar-refractivity contribution < 1.29 is 9.18 Å². The summed E-state index contributed by atoms with van der Waals surface area (Å²) in [7, 11) is 0. The first-order valence-corrected chi connectivity index (χ1v) is 9.39. The summed E-state index contributed by atoms with van der Waals surface area (Å²) in [5.74, 6) is 0.981. The van der Waals surface area contributed by atoms with Gasteiger partial charge in [-0.3, -0.25) is 4.79 Å². The van der Waals surface area contributed by atoms with Crippen molar-refractivity contribution in [3.8, 4) is 0 Å². The third kappa shape index (κ3) is 7.01. The van der Waals surface area contributed by atoms with Crippen LogP contribution in [0, 0.1) is 11.7 Å². The van der Waals surface area contributed by atoms with Crippen LogP contribution in [0.25, 0.3) is 0 Å². The Morgan fingerprint density at radius 2 is 2.18 bits per heavy atom. The van der Waals surface area contributed by atoms with Gasteiger partial charge in [0.2, 0.25) is 5.91 Å². The molecule has 0 aliphatic heterocycles. The van der Waals surface area contributed by atoms with Gasteiger partial charge in [0, 0.05) is 22.9 Å². The van der Waals surface area contributed by atoms with Crippen LogP contribution in [0.2, 0.25) is 5.02 Å². The smallest absolute Gasteiger partial charge is 0.230 e. The molecule has 22 heavy (non-hydrogen) atoms. The van der Waals surface area contributed by atoms with Gasteiger partial charge in [0.15, 0.2) is 0 Å². The van der Waals surface area contributed by atoms with Crippen molar-refractivity contribution in [2.75, 3.05) is 12.3 Å². The minimum atomic E-state index is -0.314. The number of thioether (sulfide) groups is 1. The molecular formula is C17H25ClFNOS. The number of amides is 1. The molecule has 1 N–H and O–H groups in total. The average Bonchev–Trinajstić information content (AvgIpc) is 2.50. The van der Waals surface area contributed by atoms with Crippen LogP contribution in [0.15, 0.2) is 18.2 Å². The molecule has 0 fully saturated rings. The molecule has 0 aliphatic carbocycles. The van der Waals surface area contributed by atoms with E-state index >= 15 is 0 Å². The molecule has 0 saturated carbocycles. The predicted octanol–water partition coefficient (Wildman–Crippen LogP) is 5.04. The topological polar surface area (TPSA) is 29.1 Å². The highest BCUT2D eigenvalue weighted by molar-refractivity contribution is 7.99. The number of rotatable bonds is 10. The van der Waals surface area contributed by atoms with Crippen LogP contribution in [0.1, 0.15) is 45.1 Å². The molecule has 0 aromatic heterocycles. The summed E-state index contributed by atoms with van der Waals surface area (Å²) >= 11 is 7.34. The van der Waals surface area contributed by atoms with Crippen molar-refractivity contribution in [2.24, 2.45) is 5.92 Å². The minimum absolute atomic E-state index is 0.00686. The van der Waals surface area contributed by atoms with Gasteiger partial charge < -0.3 is 5.32 Å². The van der Waals surface area contributed by atoms with Crippen LogP contribution in [-0.2, 0) is 10.5 Å². The van der Waals surface area contributed by atoms with Gasteiger partial charge in [0.25, 0.3) is 0 Å². The summed E-state index contributed by atoms with van der Waals surface area (Å²) in [5, 5.41) is 3.39. The molecule has 0 unspecified atom stereocenters. The number of nitrogens with one attached hydrogen (secondary N) is 1. The number of carbonyl (C=O) groups excluding carboxylic acids is 1. The van der Waals surface area contributed by atoms with E-state index in [1.165, 1.54) is 30.7 Å². The molecule has 0 saturated heterocycles. The van der Waals surface area contributed by atoms with E-state index in [4.69, 9.17) is 11.6 Å². The van der Waals surface area contributed by atoms with Crippen LogP contribution in [0.3, 0.4) is 0 Å². The molecule has 1 atom stereocenters. The van der Waals surface area contributed by atoms with E-state index in [2.05, 4.69) is 19.2 Å². The van der Waals surface area contributed by atoms with Crippen molar-refractivity contribution in [1.82, 2.24) is 5.32 Å². The molecule has 0 heterocycles. The highest BCUT2D eigenvalue weighted by atomic mass is 35.5. The summed E-state index contributed by atoms with van der Waals surface area (Å²) in [5.41, 5.74) is 0.469. The summed E-state index contributed by atoms with van der Waals surface area (Å²) in [6.07, 6.45) is 4.63. The van der Waals surface area contributed by atoms with Gasteiger partial charge in [-0.15, -0.1) is 11.8 Å². The zero-order valence-electron chi connectivity index (χ0n) is 13.3. The molecule has 1 amide bonds. The zero-order chi connectivity index (χ0) is 16.4. The lowest BCUT2D eigenvalue weighted by atomic mass is 9.99. The second-order valence-electron chi connectivity index (χ2n) is 5.41. The molecule has 0 bridgehead atoms. The maximum Gasteiger partial charge on any atom is 0.230 e. The lowest BCUT2D eigenvalue weighted by Gasteiger charge is -2.15. The largest absolute Gasteiger partial charge is 0.355 e. The van der Waals surface area contributed by atoms with Gasteiger partial charge in [-0.1, -0.05) is 50.8 Å². The standard InChI is InChI=1S/C17H25ClFNOS/c1-3-5-7-13(4-2)10-20-17(21)12-22-11-14-15(18)8-6-9-16(14)19/h6,8-9,13H,3-5,7,10-12H2,1-2H3,(H,20,21)/t13-/m0/s1. The fourth-order valence-electron chi connectivity index (χ4n) is 2.17. The number of benzene rings is 1. The fraction of sp³-hybridized carbons (Fsp3) is 0.588. The Morgan fingerprint density at radius 3 is 2.82 bits per heavy atom. The van der Waals surface area contributed by atoms with Crippen molar-refractivity contribution in [2.45, 2.75) is 45.3 Å². The van der Waals surface area contributed by atoms with Crippen molar-refractivity contribution in [3.63, 3.8) is 0 Å². The average molecular weight is 346 g/mol. The van der Waals surface area contributed by atoms with Crippen molar-refractivity contribution >= 4 is 29.3 Å². The molecule has 1 aromatic carbocycles. The first-order valence-electron chi connectivity index (χ1n) is 7.85. The number of halogens is 2. The van der Waals surface area contributed by atoms with E-state index in [-0.39, 0.29) is 11.7 Å². The van der Waals surface area contributed by atoms with Crippen molar-refractivity contribution in [1.29, 1.82) is 0 Å². The number of hydrogen-bond acceptors (Lipinski definition) is 2. The predicted molar refractivity (Wildman–Crippen MR) is 93.9 cm³/mol. The van der Waals surface area contributed by atoms with Gasteiger partial charge >= 0.3 is 0 Å². The van der Waals surface area contributed by atoms with E-state index in [1.807, 2.05) is 0 Å². The maximum absolute atomic E-state index is 13.6. The Balaban J connectivity index is 2.28. The van der Waals surface area contributed by atoms with E-state index in [0.717, 1.165) is 19.4 Å². The molecule has 1 rings (SSSR count). The molecule has 124 valence electrons. The second-order valence-corrected chi connectivity index (χ2v) is 6.81. The maximum atomic E-state index is 13.6. The number of carbonyl (C=O) groups is 1. The Kier molecular flexibility index (Phi) is 9.56. The van der Waals surface area contributed by atoms with E-state index < -0.39 is 0 Å². The lowest BCUT2D eigenvalue weighted by molar-refractivity contribution is -0.118. The Morgan fingerprint density at radius 1 is 1.41 bits per heavy atom. The van der Waals surface area contributed by atoms with E-state index in [0.29, 0.717) is 28.0 Å². The first kappa shape index (κ1) is 19.3. The highest BCUT2D eigenvalue weighted by Gasteiger charge is 2.10. The van der Waals surface area contributed by atoms with Gasteiger partial charge in [-0.05, 0) is 24.5 Å². The van der Waals surface area contributed by atoms with E-state index in [9.17, 15) is 9.18 Å². The molecular weight excluding hydrogens is 321 g/mol. The summed E-state index contributed by atoms with van der Waals surface area (Å²) in [4.78, 5) is 11.8. The minimum Gasteiger partial charge on any atom is -0.355 e. The van der Waals surface area contributed by atoms with E-state index in [1.54, 1.807) is 12.1 Å². The van der Waals surface area contributed by atoms with Crippen LogP contribution in [-0.4, -0.2) is 18.2 Å². The molecule has 0 aliphatic rings.